The fourth-order valence-electron chi connectivity index (χ4n) is 1.05. The van der Waals surface area contributed by atoms with Crippen LogP contribution in [0.5, 0.6) is 0 Å². The molecular formula is C10H10FNO4. The zero-order chi connectivity index (χ0) is 12.1. The molecular weight excluding hydrogens is 217 g/mol. The third kappa shape index (κ3) is 2.94. The quantitative estimate of drug-likeness (QED) is 0.753. The van der Waals surface area contributed by atoms with Gasteiger partial charge in [0.05, 0.1) is 12.7 Å². The number of carboxylic acids is 1. The van der Waals surface area contributed by atoms with Crippen molar-refractivity contribution in [2.45, 2.75) is 0 Å². The van der Waals surface area contributed by atoms with Crippen LogP contribution in [0.15, 0.2) is 18.2 Å². The minimum Gasteiger partial charge on any atom is -0.478 e. The van der Waals surface area contributed by atoms with Crippen molar-refractivity contribution in [3.05, 3.63) is 29.6 Å². The lowest BCUT2D eigenvalue weighted by Gasteiger charge is -2.06. The van der Waals surface area contributed by atoms with Crippen molar-refractivity contribution >= 4 is 17.6 Å². The molecule has 0 aliphatic carbocycles. The summed E-state index contributed by atoms with van der Waals surface area (Å²) in [6.45, 7) is -0.110. The zero-order valence-corrected chi connectivity index (χ0v) is 8.49. The molecule has 0 amide bonds. The standard InChI is InChI=1S/C10H10FNO4/c1-16-9(13)5-12-6-2-3-8(11)7(4-6)10(14)15/h2-4,12H,5H2,1H3,(H,14,15). The Kier molecular flexibility index (Phi) is 3.82. The van der Waals surface area contributed by atoms with Gasteiger partial charge in [0, 0.05) is 5.69 Å². The third-order valence-corrected chi connectivity index (χ3v) is 1.86. The Morgan fingerprint density at radius 1 is 1.50 bits per heavy atom. The van der Waals surface area contributed by atoms with E-state index >= 15 is 0 Å². The van der Waals surface area contributed by atoms with Gasteiger partial charge >= 0.3 is 11.9 Å². The molecule has 0 bridgehead atoms. The lowest BCUT2D eigenvalue weighted by molar-refractivity contribution is -0.138. The van der Waals surface area contributed by atoms with Gasteiger partial charge in [0.1, 0.15) is 12.4 Å². The topological polar surface area (TPSA) is 75.6 Å². The monoisotopic (exact) mass is 227 g/mol. The van der Waals surface area contributed by atoms with Crippen molar-refractivity contribution in [3.8, 4) is 0 Å². The average Bonchev–Trinajstić information content (AvgIpc) is 2.27. The number of benzene rings is 1. The van der Waals surface area contributed by atoms with Gasteiger partial charge in [0.25, 0.3) is 0 Å². The van der Waals surface area contributed by atoms with Crippen LogP contribution in [0.3, 0.4) is 0 Å². The van der Waals surface area contributed by atoms with Crippen LogP contribution in [0.4, 0.5) is 10.1 Å². The Hall–Kier alpha value is -2.11. The fraction of sp³-hybridized carbons (Fsp3) is 0.200. The molecule has 0 saturated carbocycles. The molecule has 0 spiro atoms. The first-order chi connectivity index (χ1) is 7.54. The third-order valence-electron chi connectivity index (χ3n) is 1.86. The van der Waals surface area contributed by atoms with E-state index in [-0.39, 0.29) is 6.54 Å². The van der Waals surface area contributed by atoms with Gasteiger partial charge in [-0.1, -0.05) is 0 Å². The molecule has 0 unspecified atom stereocenters. The Morgan fingerprint density at radius 3 is 2.75 bits per heavy atom. The van der Waals surface area contributed by atoms with Crippen LogP contribution in [0.25, 0.3) is 0 Å². The van der Waals surface area contributed by atoms with Gasteiger partial charge in [0.2, 0.25) is 0 Å². The SMILES string of the molecule is COC(=O)CNc1ccc(F)c(C(=O)O)c1. The number of carboxylic acid groups (broad SMARTS) is 1. The number of hydrogen-bond acceptors (Lipinski definition) is 4. The second-order valence-corrected chi connectivity index (χ2v) is 2.93. The van der Waals surface area contributed by atoms with Crippen molar-refractivity contribution in [2.24, 2.45) is 0 Å². The first kappa shape index (κ1) is 12.0. The minimum atomic E-state index is -1.36. The lowest BCUT2D eigenvalue weighted by atomic mass is 10.2. The van der Waals surface area contributed by atoms with Crippen LogP contribution in [-0.2, 0) is 9.53 Å². The molecule has 0 heterocycles. The highest BCUT2D eigenvalue weighted by Gasteiger charge is 2.11. The molecule has 5 nitrogen and oxygen atoms in total. The van der Waals surface area contributed by atoms with Crippen LogP contribution in [0.1, 0.15) is 10.4 Å². The molecule has 0 radical (unpaired) electrons. The number of anilines is 1. The molecule has 0 aliphatic rings. The van der Waals surface area contributed by atoms with E-state index < -0.39 is 23.3 Å². The molecule has 86 valence electrons. The maximum atomic E-state index is 13.0. The van der Waals surface area contributed by atoms with Crippen LogP contribution < -0.4 is 5.32 Å². The highest BCUT2D eigenvalue weighted by molar-refractivity contribution is 5.89. The summed E-state index contributed by atoms with van der Waals surface area (Å²) in [6, 6.07) is 3.47. The number of ether oxygens (including phenoxy) is 1. The second-order valence-electron chi connectivity index (χ2n) is 2.93. The van der Waals surface area contributed by atoms with E-state index in [0.717, 1.165) is 12.1 Å². The summed E-state index contributed by atoms with van der Waals surface area (Å²) in [5, 5.41) is 11.3. The second kappa shape index (κ2) is 5.11. The van der Waals surface area contributed by atoms with Crippen LogP contribution >= 0.6 is 0 Å². The molecule has 0 atom stereocenters. The molecule has 1 aromatic rings. The average molecular weight is 227 g/mol. The van der Waals surface area contributed by atoms with E-state index in [4.69, 9.17) is 5.11 Å². The number of methoxy groups -OCH3 is 1. The van der Waals surface area contributed by atoms with Crippen molar-refractivity contribution in [3.63, 3.8) is 0 Å². The Bertz CT molecular complexity index is 419. The van der Waals surface area contributed by atoms with E-state index in [9.17, 15) is 14.0 Å². The number of carbonyl (C=O) groups is 2. The van der Waals surface area contributed by atoms with Gasteiger partial charge in [0.15, 0.2) is 0 Å². The van der Waals surface area contributed by atoms with Gasteiger partial charge in [-0.15, -0.1) is 0 Å². The molecule has 0 fully saturated rings. The maximum Gasteiger partial charge on any atom is 0.338 e. The number of rotatable bonds is 4. The summed E-state index contributed by atoms with van der Waals surface area (Å²) < 4.78 is 17.4. The predicted octanol–water partition coefficient (Wildman–Crippen LogP) is 1.11. The molecule has 6 heteroatoms. The van der Waals surface area contributed by atoms with Crippen molar-refractivity contribution in [1.82, 2.24) is 0 Å². The van der Waals surface area contributed by atoms with E-state index in [1.54, 1.807) is 0 Å². The van der Waals surface area contributed by atoms with Gasteiger partial charge in [-0.25, -0.2) is 9.18 Å². The zero-order valence-electron chi connectivity index (χ0n) is 8.49. The van der Waals surface area contributed by atoms with Gasteiger partial charge in [-0.05, 0) is 18.2 Å². The summed E-state index contributed by atoms with van der Waals surface area (Å²) in [5.74, 6) is -2.68. The van der Waals surface area contributed by atoms with Gasteiger partial charge in [-0.2, -0.15) is 0 Å². The lowest BCUT2D eigenvalue weighted by Crippen LogP contribution is -2.15. The maximum absolute atomic E-state index is 13.0. The smallest absolute Gasteiger partial charge is 0.338 e. The Labute approximate surface area is 90.8 Å². The van der Waals surface area contributed by atoms with Crippen molar-refractivity contribution < 1.29 is 23.8 Å². The fourth-order valence-corrected chi connectivity index (χ4v) is 1.05. The van der Waals surface area contributed by atoms with Crippen LogP contribution in [0.2, 0.25) is 0 Å². The van der Waals surface area contributed by atoms with E-state index in [0.29, 0.717) is 5.69 Å². The largest absolute Gasteiger partial charge is 0.478 e. The first-order valence-electron chi connectivity index (χ1n) is 4.38. The van der Waals surface area contributed by atoms with E-state index in [2.05, 4.69) is 10.1 Å². The van der Waals surface area contributed by atoms with E-state index in [1.807, 2.05) is 0 Å². The normalized spacial score (nSPS) is 9.62. The number of hydrogen-bond donors (Lipinski definition) is 2. The highest BCUT2D eigenvalue weighted by Crippen LogP contribution is 2.14. The molecule has 1 aromatic carbocycles. The summed E-state index contributed by atoms with van der Waals surface area (Å²) in [5.41, 5.74) is -0.112. The summed E-state index contributed by atoms with van der Waals surface area (Å²) >= 11 is 0. The molecule has 0 aromatic heterocycles. The molecule has 2 N–H and O–H groups in total. The molecule has 16 heavy (non-hydrogen) atoms. The van der Waals surface area contributed by atoms with Gasteiger partial charge < -0.3 is 15.2 Å². The summed E-state index contributed by atoms with van der Waals surface area (Å²) in [6.07, 6.45) is 0. The Balaban J connectivity index is 2.79. The summed E-state index contributed by atoms with van der Waals surface area (Å²) in [4.78, 5) is 21.4. The van der Waals surface area contributed by atoms with Crippen molar-refractivity contribution in [1.29, 1.82) is 0 Å². The number of halogens is 1. The Morgan fingerprint density at radius 2 is 2.19 bits per heavy atom. The molecule has 1 rings (SSSR count). The number of carbonyl (C=O) groups excluding carboxylic acids is 1. The van der Waals surface area contributed by atoms with Crippen molar-refractivity contribution in [2.75, 3.05) is 19.0 Å². The number of aromatic carboxylic acids is 1. The van der Waals surface area contributed by atoms with Crippen LogP contribution in [0, 0.1) is 5.82 Å². The first-order valence-corrected chi connectivity index (χ1v) is 4.38. The van der Waals surface area contributed by atoms with Crippen LogP contribution in [-0.4, -0.2) is 30.7 Å². The molecule has 0 saturated heterocycles. The summed E-state index contributed by atoms with van der Waals surface area (Å²) in [7, 11) is 1.23. The minimum absolute atomic E-state index is 0.110. The molecule has 0 aliphatic heterocycles. The van der Waals surface area contributed by atoms with E-state index in [1.165, 1.54) is 13.2 Å². The number of esters is 1. The highest BCUT2D eigenvalue weighted by atomic mass is 19.1. The predicted molar refractivity (Wildman–Crippen MR) is 53.9 cm³/mol. The van der Waals surface area contributed by atoms with Gasteiger partial charge in [-0.3, -0.25) is 4.79 Å². The number of nitrogens with one attached hydrogen (secondary N) is 1.